The van der Waals surface area contributed by atoms with Gasteiger partial charge in [0.05, 0.1) is 11.7 Å². The summed E-state index contributed by atoms with van der Waals surface area (Å²) >= 11 is 5.96. The Kier molecular flexibility index (Phi) is 5.66. The number of fused-ring (bicyclic) bond motifs is 1. The molecule has 172 valence electrons. The van der Waals surface area contributed by atoms with Gasteiger partial charge in [0.25, 0.3) is 5.91 Å². The van der Waals surface area contributed by atoms with Crippen molar-refractivity contribution in [1.82, 2.24) is 15.1 Å². The Bertz CT molecular complexity index is 1310. The first-order valence-corrected chi connectivity index (χ1v) is 11.7. The maximum Gasteiger partial charge on any atom is 0.273 e. The number of carbonyl (C=O) groups excluding carboxylic acids is 1. The maximum atomic E-state index is 13.4. The third-order valence-corrected chi connectivity index (χ3v) is 6.30. The molecule has 6 heteroatoms. The number of aromatic amines is 1. The number of aromatic nitrogens is 2. The van der Waals surface area contributed by atoms with Crippen LogP contribution in [0.3, 0.4) is 0 Å². The number of amides is 1. The summed E-state index contributed by atoms with van der Waals surface area (Å²) in [6.07, 6.45) is 0. The van der Waals surface area contributed by atoms with E-state index in [1.54, 1.807) is 0 Å². The maximum absolute atomic E-state index is 13.4. The predicted molar refractivity (Wildman–Crippen MR) is 134 cm³/mol. The molecule has 5 nitrogen and oxygen atoms in total. The first-order valence-electron chi connectivity index (χ1n) is 11.3. The van der Waals surface area contributed by atoms with Gasteiger partial charge in [-0.1, -0.05) is 66.2 Å². The number of carbonyl (C=O) groups is 1. The molecule has 2 heterocycles. The van der Waals surface area contributed by atoms with E-state index in [2.05, 4.69) is 31.0 Å². The van der Waals surface area contributed by atoms with E-state index in [0.717, 1.165) is 33.7 Å². The normalized spacial score (nSPS) is 15.5. The van der Waals surface area contributed by atoms with Gasteiger partial charge in [-0.05, 0) is 56.2 Å². The van der Waals surface area contributed by atoms with Crippen LogP contribution in [0, 0.1) is 0 Å². The molecule has 0 spiro atoms. The number of hydrogen-bond donors (Lipinski definition) is 1. The second kappa shape index (κ2) is 8.65. The van der Waals surface area contributed by atoms with Crippen LogP contribution in [0.1, 0.15) is 54.0 Å². The number of nitrogens with one attached hydrogen (secondary N) is 1. The minimum absolute atomic E-state index is 0.0368. The molecule has 0 aliphatic carbocycles. The first kappa shape index (κ1) is 22.2. The number of rotatable bonds is 5. The van der Waals surface area contributed by atoms with Crippen LogP contribution in [0.25, 0.3) is 11.3 Å². The van der Waals surface area contributed by atoms with Crippen LogP contribution >= 0.6 is 11.6 Å². The topological polar surface area (TPSA) is 58.2 Å². The van der Waals surface area contributed by atoms with E-state index < -0.39 is 0 Å². The van der Waals surface area contributed by atoms with Crippen molar-refractivity contribution < 1.29 is 9.53 Å². The van der Waals surface area contributed by atoms with Gasteiger partial charge in [0.2, 0.25) is 0 Å². The summed E-state index contributed by atoms with van der Waals surface area (Å²) in [7, 11) is 0. The van der Waals surface area contributed by atoms with Crippen molar-refractivity contribution in [3.8, 4) is 17.0 Å². The molecule has 34 heavy (non-hydrogen) atoms. The molecule has 1 N–H and O–H groups in total. The van der Waals surface area contributed by atoms with E-state index in [9.17, 15) is 4.79 Å². The van der Waals surface area contributed by atoms with Crippen LogP contribution in [0.4, 0.5) is 0 Å². The lowest BCUT2D eigenvalue weighted by Gasteiger charge is -2.37. The summed E-state index contributed by atoms with van der Waals surface area (Å²) in [6.45, 7) is 6.63. The highest BCUT2D eigenvalue weighted by atomic mass is 35.5. The Labute approximate surface area is 204 Å². The van der Waals surface area contributed by atoms with Gasteiger partial charge in [-0.3, -0.25) is 9.89 Å². The molecular formula is C28H26ClN3O2. The molecular weight excluding hydrogens is 446 g/mol. The molecule has 0 saturated carbocycles. The van der Waals surface area contributed by atoms with E-state index in [4.69, 9.17) is 16.3 Å². The van der Waals surface area contributed by atoms with Gasteiger partial charge in [-0.2, -0.15) is 5.10 Å². The summed E-state index contributed by atoms with van der Waals surface area (Å²) in [4.78, 5) is 15.4. The van der Waals surface area contributed by atoms with Crippen LogP contribution < -0.4 is 4.74 Å². The molecule has 0 bridgehead atoms. The zero-order chi connectivity index (χ0) is 23.9. The third-order valence-electron chi connectivity index (χ3n) is 6.05. The summed E-state index contributed by atoms with van der Waals surface area (Å²) in [5.74, 6) is 0.728. The molecule has 1 amide bonds. The Morgan fingerprint density at radius 3 is 2.29 bits per heavy atom. The lowest BCUT2D eigenvalue weighted by atomic mass is 9.93. The van der Waals surface area contributed by atoms with Crippen LogP contribution in [0.5, 0.6) is 5.75 Å². The number of hydrogen-bond acceptors (Lipinski definition) is 3. The molecule has 5 rings (SSSR count). The lowest BCUT2D eigenvalue weighted by Crippen LogP contribution is -2.44. The molecule has 0 fully saturated rings. The van der Waals surface area contributed by atoms with Crippen LogP contribution in [-0.2, 0) is 6.61 Å². The summed E-state index contributed by atoms with van der Waals surface area (Å²) in [5, 5.41) is 8.25. The Morgan fingerprint density at radius 1 is 0.971 bits per heavy atom. The molecule has 1 aliphatic rings. The van der Waals surface area contributed by atoms with E-state index >= 15 is 0 Å². The fraction of sp³-hybridized carbons (Fsp3) is 0.214. The smallest absolute Gasteiger partial charge is 0.273 e. The lowest BCUT2D eigenvalue weighted by molar-refractivity contribution is 0.0546. The van der Waals surface area contributed by atoms with Gasteiger partial charge in [-0.25, -0.2) is 0 Å². The summed E-state index contributed by atoms with van der Waals surface area (Å²) < 4.78 is 5.97. The number of ether oxygens (including phenoxy) is 1. The number of halogens is 1. The third kappa shape index (κ3) is 4.08. The van der Waals surface area contributed by atoms with Crippen molar-refractivity contribution >= 4 is 17.5 Å². The van der Waals surface area contributed by atoms with Crippen molar-refractivity contribution in [3.63, 3.8) is 0 Å². The fourth-order valence-corrected chi connectivity index (χ4v) is 4.59. The van der Waals surface area contributed by atoms with Gasteiger partial charge in [0.1, 0.15) is 18.1 Å². The molecule has 3 aromatic carbocycles. The molecule has 0 saturated heterocycles. The highest BCUT2D eigenvalue weighted by Crippen LogP contribution is 2.46. The van der Waals surface area contributed by atoms with E-state index in [1.165, 1.54) is 0 Å². The van der Waals surface area contributed by atoms with E-state index in [-0.39, 0.29) is 17.5 Å². The molecule has 1 aromatic heterocycles. The van der Waals surface area contributed by atoms with E-state index in [0.29, 0.717) is 17.3 Å². The molecule has 4 aromatic rings. The fourth-order valence-electron chi connectivity index (χ4n) is 4.46. The van der Waals surface area contributed by atoms with Crippen molar-refractivity contribution in [2.75, 3.05) is 0 Å². The number of H-pyrrole nitrogens is 1. The summed E-state index contributed by atoms with van der Waals surface area (Å²) in [6, 6.07) is 25.3. The molecule has 0 radical (unpaired) electrons. The minimum Gasteiger partial charge on any atom is -0.489 e. The second-order valence-corrected chi connectivity index (χ2v) is 9.90. The zero-order valence-electron chi connectivity index (χ0n) is 19.4. The van der Waals surface area contributed by atoms with Crippen LogP contribution in [0.2, 0.25) is 5.02 Å². The summed E-state index contributed by atoms with van der Waals surface area (Å²) in [5.41, 5.74) is 4.95. The van der Waals surface area contributed by atoms with Crippen LogP contribution in [0.15, 0.2) is 78.9 Å². The first-order chi connectivity index (χ1) is 16.3. The van der Waals surface area contributed by atoms with Crippen molar-refractivity contribution in [3.05, 3.63) is 106 Å². The standard InChI is InChI=1S/C28H26ClN3O2/c1-28(2,3)32-26(23-24(19-7-5-4-6-8-19)30-31-25(23)27(32)33)20-11-15-22(16-12-20)34-17-18-9-13-21(29)14-10-18/h4-16,26H,17H2,1-3H3,(H,30,31). The predicted octanol–water partition coefficient (Wildman–Crippen LogP) is 6.65. The van der Waals surface area contributed by atoms with Gasteiger partial charge in [0.15, 0.2) is 0 Å². The van der Waals surface area contributed by atoms with Gasteiger partial charge < -0.3 is 9.64 Å². The molecule has 1 aliphatic heterocycles. The Morgan fingerprint density at radius 2 is 1.65 bits per heavy atom. The van der Waals surface area contributed by atoms with Gasteiger partial charge >= 0.3 is 0 Å². The highest BCUT2D eigenvalue weighted by molar-refractivity contribution is 6.30. The zero-order valence-corrected chi connectivity index (χ0v) is 20.1. The highest BCUT2D eigenvalue weighted by Gasteiger charge is 2.46. The van der Waals surface area contributed by atoms with Crippen molar-refractivity contribution in [2.45, 2.75) is 39.0 Å². The molecule has 1 atom stereocenters. The number of nitrogens with zero attached hydrogens (tertiary/aromatic N) is 2. The van der Waals surface area contributed by atoms with Gasteiger partial charge in [-0.15, -0.1) is 0 Å². The molecule has 1 unspecified atom stereocenters. The van der Waals surface area contributed by atoms with E-state index in [1.807, 2.05) is 83.8 Å². The van der Waals surface area contributed by atoms with Crippen molar-refractivity contribution in [2.24, 2.45) is 0 Å². The minimum atomic E-state index is -0.376. The van der Waals surface area contributed by atoms with Gasteiger partial charge in [0, 0.05) is 21.7 Å². The number of benzene rings is 3. The SMILES string of the molecule is CC(C)(C)N1C(=O)c2[nH]nc(-c3ccccc3)c2C1c1ccc(OCc2ccc(Cl)cc2)cc1. The quantitative estimate of drug-likeness (QED) is 0.354. The van der Waals surface area contributed by atoms with Crippen molar-refractivity contribution in [1.29, 1.82) is 0 Å². The second-order valence-electron chi connectivity index (χ2n) is 9.46. The Hall–Kier alpha value is -3.57. The largest absolute Gasteiger partial charge is 0.489 e. The average molecular weight is 472 g/mol. The Balaban J connectivity index is 1.48. The van der Waals surface area contributed by atoms with Crippen LogP contribution in [-0.4, -0.2) is 26.5 Å². The average Bonchev–Trinajstić information content (AvgIpc) is 3.38. The monoisotopic (exact) mass is 471 g/mol.